The molecule has 2 amide bonds. The Morgan fingerprint density at radius 1 is 1.19 bits per heavy atom. The minimum absolute atomic E-state index is 0.277. The molecule has 7 nitrogen and oxygen atoms in total. The third kappa shape index (κ3) is 4.48. The summed E-state index contributed by atoms with van der Waals surface area (Å²) >= 11 is 0. The number of carbonyl (C=O) groups is 2. The summed E-state index contributed by atoms with van der Waals surface area (Å²) in [6.45, 7) is -0.277. The monoisotopic (exact) mass is 468 g/mol. The van der Waals surface area contributed by atoms with Gasteiger partial charge in [0.2, 0.25) is 11.8 Å². The topological polar surface area (TPSA) is 76.5 Å². The van der Waals surface area contributed by atoms with E-state index in [1.807, 2.05) is 5.32 Å². The number of para-hydroxylation sites is 1. The molecule has 1 N–H and O–H groups in total. The lowest BCUT2D eigenvalue weighted by Crippen LogP contribution is -2.33. The Morgan fingerprint density at radius 3 is 2.44 bits per heavy atom. The number of aromatic nitrogens is 2. The zero-order valence-electron chi connectivity index (χ0n) is 16.4. The Bertz CT molecular complexity index is 1050. The fourth-order valence-corrected chi connectivity index (χ4v) is 3.58. The van der Waals surface area contributed by atoms with Crippen LogP contribution in [0.4, 0.5) is 36.4 Å². The number of hydrogen-bond donors (Lipinski definition) is 1. The van der Waals surface area contributed by atoms with Gasteiger partial charge >= 0.3 is 12.5 Å². The second-order valence-corrected chi connectivity index (χ2v) is 7.03. The summed E-state index contributed by atoms with van der Waals surface area (Å²) in [5, 5.41) is 5.53. The second kappa shape index (κ2) is 7.98. The van der Waals surface area contributed by atoms with Crippen molar-refractivity contribution in [3.05, 3.63) is 41.5 Å². The molecule has 0 bridgehead atoms. The summed E-state index contributed by atoms with van der Waals surface area (Å²) in [5.41, 5.74) is -2.34. The minimum atomic E-state index is -5.29. The first-order valence-corrected chi connectivity index (χ1v) is 8.90. The molecule has 3 rings (SSSR count). The quantitative estimate of drug-likeness (QED) is 0.552. The van der Waals surface area contributed by atoms with Gasteiger partial charge < -0.3 is 15.0 Å². The fraction of sp³-hybridized carbons (Fsp3) is 0.389. The van der Waals surface area contributed by atoms with Gasteiger partial charge in [-0.25, -0.2) is 4.39 Å². The number of hydrogen-bond acceptors (Lipinski definition) is 4. The first kappa shape index (κ1) is 23.3. The number of likely N-dealkylation sites (N-methyl/N-ethyl adjacent to an activating group) is 1. The Labute approximate surface area is 175 Å². The average molecular weight is 468 g/mol. The van der Waals surface area contributed by atoms with Gasteiger partial charge in [0.15, 0.2) is 11.6 Å². The van der Waals surface area contributed by atoms with E-state index in [0.717, 1.165) is 30.3 Å². The van der Waals surface area contributed by atoms with Crippen LogP contribution >= 0.6 is 0 Å². The van der Waals surface area contributed by atoms with Crippen LogP contribution in [0.15, 0.2) is 24.4 Å². The van der Waals surface area contributed by atoms with Crippen molar-refractivity contribution in [3.63, 3.8) is 0 Å². The fourth-order valence-electron chi connectivity index (χ4n) is 3.58. The molecule has 14 heteroatoms. The number of benzene rings is 1. The van der Waals surface area contributed by atoms with E-state index in [4.69, 9.17) is 0 Å². The predicted molar refractivity (Wildman–Crippen MR) is 93.8 cm³/mol. The maximum atomic E-state index is 13.9. The van der Waals surface area contributed by atoms with Crippen molar-refractivity contribution in [3.8, 4) is 5.75 Å². The second-order valence-electron chi connectivity index (χ2n) is 7.03. The number of halogens is 7. The SMILES string of the molecule is CN1C[C@H](c2cnn(C)c2C(F)(F)F)[C@@H](C(=O)Nc2cccc(F)c2OC(F)(F)F)C1=O. The van der Waals surface area contributed by atoms with Crippen LogP contribution in [0, 0.1) is 11.7 Å². The van der Waals surface area contributed by atoms with Gasteiger partial charge in [0.05, 0.1) is 11.9 Å². The van der Waals surface area contributed by atoms with E-state index in [1.54, 1.807) is 0 Å². The Kier molecular flexibility index (Phi) is 5.82. The van der Waals surface area contributed by atoms with Crippen LogP contribution in [-0.2, 0) is 22.8 Å². The lowest BCUT2D eigenvalue weighted by Gasteiger charge is -2.20. The van der Waals surface area contributed by atoms with Gasteiger partial charge in [0.25, 0.3) is 0 Å². The lowest BCUT2D eigenvalue weighted by molar-refractivity contribution is -0.275. The van der Waals surface area contributed by atoms with Crippen molar-refractivity contribution >= 4 is 17.5 Å². The number of aryl methyl sites for hydroxylation is 1. The number of rotatable bonds is 4. The first-order valence-electron chi connectivity index (χ1n) is 8.90. The Hall–Kier alpha value is -3.32. The standard InChI is InChI=1S/C18H15F7N4O3/c1-28-7-9(8-6-26-29(2)14(8)17(20,21)22)12(16(28)31)15(30)27-11-5-3-4-10(19)13(11)32-18(23,24)25/h3-6,9,12H,7H2,1-2H3,(H,27,30)/t9-,12+/m1/s1. The molecule has 0 saturated carbocycles. The first-order chi connectivity index (χ1) is 14.7. The molecule has 32 heavy (non-hydrogen) atoms. The molecule has 2 heterocycles. The summed E-state index contributed by atoms with van der Waals surface area (Å²) in [6, 6.07) is 2.53. The molecule has 174 valence electrons. The van der Waals surface area contributed by atoms with Crippen LogP contribution in [0.25, 0.3) is 0 Å². The maximum absolute atomic E-state index is 13.9. The molecular weight excluding hydrogens is 453 g/mol. The molecule has 0 aliphatic carbocycles. The highest BCUT2D eigenvalue weighted by Gasteiger charge is 2.49. The van der Waals surface area contributed by atoms with E-state index < -0.39 is 64.7 Å². The van der Waals surface area contributed by atoms with E-state index in [2.05, 4.69) is 9.84 Å². The molecule has 0 unspecified atom stereocenters. The molecule has 2 aromatic rings. The van der Waals surface area contributed by atoms with Gasteiger partial charge in [-0.15, -0.1) is 13.2 Å². The number of carbonyl (C=O) groups excluding carboxylic acids is 2. The highest BCUT2D eigenvalue weighted by molar-refractivity contribution is 6.09. The van der Waals surface area contributed by atoms with Crippen molar-refractivity contribution in [1.29, 1.82) is 0 Å². The molecular formula is C18H15F7N4O3. The maximum Gasteiger partial charge on any atom is 0.573 e. The van der Waals surface area contributed by atoms with Crippen LogP contribution in [0.2, 0.25) is 0 Å². The summed E-state index contributed by atoms with van der Waals surface area (Å²) in [4.78, 5) is 26.4. The van der Waals surface area contributed by atoms with E-state index in [0.29, 0.717) is 10.7 Å². The van der Waals surface area contributed by atoms with E-state index in [1.165, 1.54) is 7.05 Å². The number of likely N-dealkylation sites (tertiary alicyclic amines) is 1. The van der Waals surface area contributed by atoms with Gasteiger partial charge in [-0.1, -0.05) is 6.07 Å². The van der Waals surface area contributed by atoms with Crippen LogP contribution in [0.1, 0.15) is 17.2 Å². The van der Waals surface area contributed by atoms with Crippen molar-refractivity contribution in [2.45, 2.75) is 18.5 Å². The molecule has 1 aromatic heterocycles. The van der Waals surface area contributed by atoms with E-state index >= 15 is 0 Å². The summed E-state index contributed by atoms with van der Waals surface area (Å²) in [7, 11) is 2.29. The molecule has 1 fully saturated rings. The third-order valence-corrected chi connectivity index (χ3v) is 4.88. The van der Waals surface area contributed by atoms with Gasteiger partial charge in [0.1, 0.15) is 11.6 Å². The van der Waals surface area contributed by atoms with Gasteiger partial charge in [-0.05, 0) is 12.1 Å². The molecule has 1 aliphatic rings. The van der Waals surface area contributed by atoms with Gasteiger partial charge in [-0.3, -0.25) is 14.3 Å². The number of nitrogens with one attached hydrogen (secondary N) is 1. The predicted octanol–water partition coefficient (Wildman–Crippen LogP) is 3.29. The number of amides is 2. The summed E-state index contributed by atoms with van der Waals surface area (Å²) in [6.07, 6.45) is -9.26. The minimum Gasteiger partial charge on any atom is -0.400 e. The molecule has 2 atom stereocenters. The zero-order valence-corrected chi connectivity index (χ0v) is 16.4. The Morgan fingerprint density at radius 2 is 1.84 bits per heavy atom. The average Bonchev–Trinajstić information content (AvgIpc) is 3.17. The molecule has 1 aromatic carbocycles. The van der Waals surface area contributed by atoms with Crippen molar-refractivity contribution < 1.29 is 45.1 Å². The zero-order chi connectivity index (χ0) is 24.0. The van der Waals surface area contributed by atoms with Crippen LogP contribution in [0.3, 0.4) is 0 Å². The van der Waals surface area contributed by atoms with Crippen molar-refractivity contribution in [2.75, 3.05) is 18.9 Å². The van der Waals surface area contributed by atoms with E-state index in [9.17, 15) is 40.3 Å². The summed E-state index contributed by atoms with van der Waals surface area (Å²) in [5.74, 6) is -7.91. The molecule has 0 radical (unpaired) electrons. The lowest BCUT2D eigenvalue weighted by atomic mass is 9.87. The number of ether oxygens (including phenoxy) is 1. The molecule has 0 spiro atoms. The number of alkyl halides is 6. The summed E-state index contributed by atoms with van der Waals surface area (Å²) < 4.78 is 96.4. The highest BCUT2D eigenvalue weighted by Crippen LogP contribution is 2.41. The van der Waals surface area contributed by atoms with Crippen LogP contribution in [-0.4, -0.2) is 46.4 Å². The molecule has 1 saturated heterocycles. The smallest absolute Gasteiger partial charge is 0.400 e. The number of anilines is 1. The van der Waals surface area contributed by atoms with Crippen LogP contribution < -0.4 is 10.1 Å². The largest absolute Gasteiger partial charge is 0.573 e. The van der Waals surface area contributed by atoms with Crippen molar-refractivity contribution in [1.82, 2.24) is 14.7 Å². The normalized spacial score (nSPS) is 19.4. The highest BCUT2D eigenvalue weighted by atomic mass is 19.4. The van der Waals surface area contributed by atoms with Crippen molar-refractivity contribution in [2.24, 2.45) is 13.0 Å². The third-order valence-electron chi connectivity index (χ3n) is 4.88. The Balaban J connectivity index is 1.98. The van der Waals surface area contributed by atoms with Crippen LogP contribution in [0.5, 0.6) is 5.75 Å². The molecule has 1 aliphatic heterocycles. The van der Waals surface area contributed by atoms with E-state index in [-0.39, 0.29) is 6.54 Å². The van der Waals surface area contributed by atoms with Gasteiger partial charge in [0, 0.05) is 32.1 Å². The number of nitrogens with zero attached hydrogens (tertiary/aromatic N) is 3. The van der Waals surface area contributed by atoms with Gasteiger partial charge in [-0.2, -0.15) is 18.3 Å².